The first kappa shape index (κ1) is 15.8. The van der Waals surface area contributed by atoms with Crippen molar-refractivity contribution < 1.29 is 9.90 Å². The Morgan fingerprint density at radius 3 is 2.92 bits per heavy atom. The molecule has 1 amide bonds. The fourth-order valence-corrected chi connectivity index (χ4v) is 3.53. The van der Waals surface area contributed by atoms with Gasteiger partial charge in [-0.05, 0) is 37.0 Å². The molecule has 3 aromatic rings. The van der Waals surface area contributed by atoms with E-state index in [2.05, 4.69) is 15.4 Å². The number of benzene rings is 1. The third-order valence-corrected chi connectivity index (χ3v) is 4.78. The van der Waals surface area contributed by atoms with Gasteiger partial charge in [-0.1, -0.05) is 24.3 Å². The number of aliphatic hydroxyl groups is 1. The van der Waals surface area contributed by atoms with Gasteiger partial charge in [-0.15, -0.1) is 0 Å². The van der Waals surface area contributed by atoms with Crippen LogP contribution in [0.1, 0.15) is 23.3 Å². The lowest BCUT2D eigenvalue weighted by molar-refractivity contribution is 0.0868. The smallest absolute Gasteiger partial charge is 0.270 e. The molecule has 6 nitrogen and oxygen atoms in total. The lowest BCUT2D eigenvalue weighted by atomic mass is 10.1. The van der Waals surface area contributed by atoms with E-state index in [-0.39, 0.29) is 11.9 Å². The molecule has 1 fully saturated rings. The van der Waals surface area contributed by atoms with Gasteiger partial charge in [-0.2, -0.15) is 5.10 Å². The van der Waals surface area contributed by atoms with Gasteiger partial charge in [0.15, 0.2) is 0 Å². The van der Waals surface area contributed by atoms with E-state index in [9.17, 15) is 9.90 Å². The average Bonchev–Trinajstić information content (AvgIpc) is 3.25. The topological polar surface area (TPSA) is 80.0 Å². The highest BCUT2D eigenvalue weighted by Crippen LogP contribution is 2.27. The van der Waals surface area contributed by atoms with Crippen molar-refractivity contribution in [1.82, 2.24) is 20.1 Å². The zero-order valence-electron chi connectivity index (χ0n) is 13.7. The lowest BCUT2D eigenvalue weighted by Crippen LogP contribution is -2.40. The molecule has 0 bridgehead atoms. The van der Waals surface area contributed by atoms with Gasteiger partial charge in [0.1, 0.15) is 5.69 Å². The molecule has 0 saturated heterocycles. The van der Waals surface area contributed by atoms with Crippen LogP contribution in [0.25, 0.3) is 10.9 Å². The molecule has 1 aliphatic rings. The van der Waals surface area contributed by atoms with E-state index in [4.69, 9.17) is 0 Å². The third kappa shape index (κ3) is 3.39. The Morgan fingerprint density at radius 2 is 2.08 bits per heavy atom. The van der Waals surface area contributed by atoms with E-state index in [1.165, 1.54) is 0 Å². The third-order valence-electron chi connectivity index (χ3n) is 4.78. The van der Waals surface area contributed by atoms with Crippen LogP contribution in [0.5, 0.6) is 0 Å². The van der Waals surface area contributed by atoms with E-state index in [0.717, 1.165) is 23.9 Å². The Labute approximate surface area is 145 Å². The standard InChI is InChI=1S/C19H20N4O2/c24-18-11-13(12-23-9-3-8-20-23)10-17(18)22-19(25)16-7-6-14-4-1-2-5-15(14)21-16/h1-9,13,17-18,24H,10-12H2,(H,22,25)/t13?,17-,18-/m1/s1. The largest absolute Gasteiger partial charge is 0.391 e. The molecule has 128 valence electrons. The van der Waals surface area contributed by atoms with Crippen LogP contribution in [0.2, 0.25) is 0 Å². The summed E-state index contributed by atoms with van der Waals surface area (Å²) in [6, 6.07) is 12.9. The van der Waals surface area contributed by atoms with Gasteiger partial charge in [0, 0.05) is 24.3 Å². The molecule has 0 radical (unpaired) electrons. The molecule has 2 N–H and O–H groups in total. The summed E-state index contributed by atoms with van der Waals surface area (Å²) in [6.07, 6.45) is 4.52. The van der Waals surface area contributed by atoms with E-state index in [0.29, 0.717) is 18.0 Å². The zero-order chi connectivity index (χ0) is 17.2. The first-order chi connectivity index (χ1) is 12.2. The van der Waals surface area contributed by atoms with Crippen LogP contribution in [0.15, 0.2) is 54.9 Å². The molecule has 1 saturated carbocycles. The summed E-state index contributed by atoms with van der Waals surface area (Å²) in [5.74, 6) is 0.0549. The van der Waals surface area contributed by atoms with Crippen molar-refractivity contribution in [2.75, 3.05) is 0 Å². The Hall–Kier alpha value is -2.73. The number of aliphatic hydroxyl groups excluding tert-OH is 1. The number of pyridine rings is 1. The molecule has 1 aromatic carbocycles. The fraction of sp³-hybridized carbons (Fsp3) is 0.316. The lowest BCUT2D eigenvalue weighted by Gasteiger charge is -2.16. The number of nitrogens with zero attached hydrogens (tertiary/aromatic N) is 3. The van der Waals surface area contributed by atoms with Crippen LogP contribution in [-0.2, 0) is 6.54 Å². The number of para-hydroxylation sites is 1. The molecule has 0 aliphatic heterocycles. The van der Waals surface area contributed by atoms with Crippen molar-refractivity contribution in [1.29, 1.82) is 0 Å². The Bertz CT molecular complexity index is 878. The number of aromatic nitrogens is 3. The van der Waals surface area contributed by atoms with Crippen LogP contribution >= 0.6 is 0 Å². The predicted octanol–water partition coefficient (Wildman–Crippen LogP) is 2.00. The minimum atomic E-state index is -0.537. The number of amides is 1. The number of carbonyl (C=O) groups excluding carboxylic acids is 1. The second kappa shape index (κ2) is 6.64. The molecular formula is C19H20N4O2. The fourth-order valence-electron chi connectivity index (χ4n) is 3.53. The molecule has 25 heavy (non-hydrogen) atoms. The van der Waals surface area contributed by atoms with Gasteiger partial charge in [0.25, 0.3) is 5.91 Å². The van der Waals surface area contributed by atoms with Crippen LogP contribution in [0, 0.1) is 5.92 Å². The van der Waals surface area contributed by atoms with Crippen molar-refractivity contribution in [2.45, 2.75) is 31.5 Å². The first-order valence-corrected chi connectivity index (χ1v) is 8.51. The summed E-state index contributed by atoms with van der Waals surface area (Å²) in [5, 5.41) is 18.4. The van der Waals surface area contributed by atoms with Gasteiger partial charge >= 0.3 is 0 Å². The van der Waals surface area contributed by atoms with E-state index < -0.39 is 6.10 Å². The normalized spacial score (nSPS) is 23.0. The van der Waals surface area contributed by atoms with Crippen molar-refractivity contribution in [3.8, 4) is 0 Å². The van der Waals surface area contributed by atoms with E-state index >= 15 is 0 Å². The first-order valence-electron chi connectivity index (χ1n) is 8.51. The number of hydrogen-bond acceptors (Lipinski definition) is 4. The Kier molecular flexibility index (Phi) is 4.19. The molecule has 4 rings (SSSR count). The molecule has 3 atom stereocenters. The number of nitrogens with one attached hydrogen (secondary N) is 1. The highest BCUT2D eigenvalue weighted by Gasteiger charge is 2.34. The zero-order valence-corrected chi connectivity index (χ0v) is 13.7. The van der Waals surface area contributed by atoms with Crippen LogP contribution in [-0.4, -0.2) is 37.9 Å². The molecule has 2 aromatic heterocycles. The Morgan fingerprint density at radius 1 is 1.20 bits per heavy atom. The summed E-state index contributed by atoms with van der Waals surface area (Å²) >= 11 is 0. The highest BCUT2D eigenvalue weighted by atomic mass is 16.3. The maximum atomic E-state index is 12.5. The molecule has 1 aliphatic carbocycles. The second-order valence-corrected chi connectivity index (χ2v) is 6.60. The molecule has 0 spiro atoms. The van der Waals surface area contributed by atoms with Gasteiger partial charge in [0.05, 0.1) is 17.7 Å². The van der Waals surface area contributed by atoms with Crippen molar-refractivity contribution in [3.63, 3.8) is 0 Å². The second-order valence-electron chi connectivity index (χ2n) is 6.60. The van der Waals surface area contributed by atoms with Crippen LogP contribution < -0.4 is 5.32 Å². The number of fused-ring (bicyclic) bond motifs is 1. The Balaban J connectivity index is 1.42. The summed E-state index contributed by atoms with van der Waals surface area (Å²) in [5.41, 5.74) is 1.17. The van der Waals surface area contributed by atoms with Gasteiger partial charge in [0.2, 0.25) is 0 Å². The number of carbonyl (C=O) groups is 1. The molecular weight excluding hydrogens is 316 g/mol. The summed E-state index contributed by atoms with van der Waals surface area (Å²) in [7, 11) is 0. The SMILES string of the molecule is O=C(N[C@@H]1CC(Cn2cccn2)C[C@H]1O)c1ccc2ccccc2n1. The summed E-state index contributed by atoms with van der Waals surface area (Å²) < 4.78 is 1.87. The van der Waals surface area contributed by atoms with Crippen LogP contribution in [0.3, 0.4) is 0 Å². The number of rotatable bonds is 4. The van der Waals surface area contributed by atoms with Gasteiger partial charge in [-0.3, -0.25) is 9.48 Å². The van der Waals surface area contributed by atoms with E-state index in [1.54, 1.807) is 12.3 Å². The van der Waals surface area contributed by atoms with Crippen molar-refractivity contribution >= 4 is 16.8 Å². The van der Waals surface area contributed by atoms with Crippen LogP contribution in [0.4, 0.5) is 0 Å². The number of hydrogen-bond donors (Lipinski definition) is 2. The summed E-state index contributed by atoms with van der Waals surface area (Å²) in [4.78, 5) is 16.9. The summed E-state index contributed by atoms with van der Waals surface area (Å²) in [6.45, 7) is 0.755. The van der Waals surface area contributed by atoms with Crippen molar-refractivity contribution in [3.05, 3.63) is 60.6 Å². The van der Waals surface area contributed by atoms with E-state index in [1.807, 2.05) is 47.3 Å². The maximum Gasteiger partial charge on any atom is 0.270 e. The molecule has 1 unspecified atom stereocenters. The average molecular weight is 336 g/mol. The van der Waals surface area contributed by atoms with Gasteiger partial charge < -0.3 is 10.4 Å². The van der Waals surface area contributed by atoms with Crippen molar-refractivity contribution in [2.24, 2.45) is 5.92 Å². The predicted molar refractivity (Wildman–Crippen MR) is 94.0 cm³/mol. The highest BCUT2D eigenvalue weighted by molar-refractivity contribution is 5.95. The monoisotopic (exact) mass is 336 g/mol. The minimum Gasteiger partial charge on any atom is -0.391 e. The minimum absolute atomic E-state index is 0.241. The van der Waals surface area contributed by atoms with Gasteiger partial charge in [-0.25, -0.2) is 4.98 Å². The molecule has 6 heteroatoms. The maximum absolute atomic E-state index is 12.5. The quantitative estimate of drug-likeness (QED) is 0.764. The molecule has 2 heterocycles.